The lowest BCUT2D eigenvalue weighted by Gasteiger charge is -2.39. The Hall–Kier alpha value is -2.71. The molecule has 0 radical (unpaired) electrons. The molecule has 8 nitrogen and oxygen atoms in total. The number of benzene rings is 1. The standard InChI is InChI=1S/C28H38N2O6/c1-7-15-29(22-17(4)11-10-12-18(22)5)25(33)23-28-14-13-27(8-2,36-28)21(26(34)35-9-3)20(28)24(32)30(23)19(6)16-31/h7,10-12,19-21,23,31H,1,8-9,13-16H2,2-6H3/t19-,20+,21+,23?,27-,28?/m1/s1. The minimum atomic E-state index is -1.17. The number of aryl methyl sites for hydroxylation is 2. The summed E-state index contributed by atoms with van der Waals surface area (Å²) in [4.78, 5) is 44.9. The second kappa shape index (κ2) is 9.63. The van der Waals surface area contributed by atoms with Crippen LogP contribution in [0.5, 0.6) is 0 Å². The Labute approximate surface area is 213 Å². The van der Waals surface area contributed by atoms with Crippen molar-refractivity contribution in [3.8, 4) is 0 Å². The van der Waals surface area contributed by atoms with E-state index in [1.54, 1.807) is 24.8 Å². The molecule has 2 bridgehead atoms. The fourth-order valence-electron chi connectivity index (χ4n) is 6.89. The van der Waals surface area contributed by atoms with Gasteiger partial charge in [-0.05, 0) is 58.1 Å². The fourth-order valence-corrected chi connectivity index (χ4v) is 6.89. The van der Waals surface area contributed by atoms with Gasteiger partial charge in [0.25, 0.3) is 5.91 Å². The molecule has 6 atom stereocenters. The summed E-state index contributed by atoms with van der Waals surface area (Å²) >= 11 is 0. The van der Waals surface area contributed by atoms with Crippen LogP contribution in [0.4, 0.5) is 5.69 Å². The second-order valence-corrected chi connectivity index (χ2v) is 10.3. The van der Waals surface area contributed by atoms with Crippen LogP contribution in [-0.4, -0.2) is 70.8 Å². The van der Waals surface area contributed by atoms with E-state index in [2.05, 4.69) is 6.58 Å². The summed E-state index contributed by atoms with van der Waals surface area (Å²) in [5, 5.41) is 10.1. The van der Waals surface area contributed by atoms with E-state index in [0.29, 0.717) is 19.3 Å². The molecule has 3 aliphatic heterocycles. The molecule has 3 fully saturated rings. The lowest BCUT2D eigenvalue weighted by molar-refractivity contribution is -0.161. The highest BCUT2D eigenvalue weighted by Crippen LogP contribution is 2.64. The molecule has 2 amide bonds. The highest BCUT2D eigenvalue weighted by atomic mass is 16.6. The number of carbonyl (C=O) groups is 3. The van der Waals surface area contributed by atoms with Crippen LogP contribution in [0.15, 0.2) is 30.9 Å². The van der Waals surface area contributed by atoms with Crippen LogP contribution in [0, 0.1) is 25.7 Å². The van der Waals surface area contributed by atoms with E-state index in [1.807, 2.05) is 39.0 Å². The number of aliphatic hydroxyl groups is 1. The fraction of sp³-hybridized carbons (Fsp3) is 0.607. The summed E-state index contributed by atoms with van der Waals surface area (Å²) in [5.74, 6) is -2.70. The summed E-state index contributed by atoms with van der Waals surface area (Å²) in [6, 6.07) is 4.22. The number of nitrogens with zero attached hydrogens (tertiary/aromatic N) is 2. The molecule has 3 aliphatic rings. The summed E-state index contributed by atoms with van der Waals surface area (Å²) in [7, 11) is 0. The normalized spacial score (nSPS) is 31.3. The molecule has 0 aromatic heterocycles. The van der Waals surface area contributed by atoms with Crippen molar-refractivity contribution in [2.24, 2.45) is 11.8 Å². The van der Waals surface area contributed by atoms with Gasteiger partial charge in [0.2, 0.25) is 5.91 Å². The van der Waals surface area contributed by atoms with Crippen LogP contribution in [0.3, 0.4) is 0 Å². The molecule has 196 valence electrons. The van der Waals surface area contributed by atoms with Gasteiger partial charge >= 0.3 is 5.97 Å². The van der Waals surface area contributed by atoms with Crippen molar-refractivity contribution in [1.82, 2.24) is 4.90 Å². The number of ether oxygens (including phenoxy) is 2. The highest BCUT2D eigenvalue weighted by molar-refractivity contribution is 6.05. The number of likely N-dealkylation sites (tertiary alicyclic amines) is 1. The van der Waals surface area contributed by atoms with Crippen LogP contribution in [0.1, 0.15) is 51.2 Å². The molecule has 2 unspecified atom stereocenters. The van der Waals surface area contributed by atoms with Gasteiger partial charge in [0.15, 0.2) is 0 Å². The molecule has 0 saturated carbocycles. The number of carbonyl (C=O) groups excluding carboxylic acids is 3. The second-order valence-electron chi connectivity index (χ2n) is 10.3. The van der Waals surface area contributed by atoms with Crippen molar-refractivity contribution >= 4 is 23.5 Å². The van der Waals surface area contributed by atoms with Gasteiger partial charge in [-0.1, -0.05) is 31.2 Å². The van der Waals surface area contributed by atoms with Crippen molar-refractivity contribution in [2.75, 3.05) is 24.7 Å². The Balaban J connectivity index is 1.88. The number of rotatable bonds is 9. The van der Waals surface area contributed by atoms with Gasteiger partial charge in [0.05, 0.1) is 30.8 Å². The first-order valence-corrected chi connectivity index (χ1v) is 12.9. The number of para-hydroxylation sites is 1. The van der Waals surface area contributed by atoms with E-state index in [1.165, 1.54) is 4.90 Å². The zero-order valence-corrected chi connectivity index (χ0v) is 22.0. The minimum absolute atomic E-state index is 0.196. The van der Waals surface area contributed by atoms with Crippen LogP contribution in [0.2, 0.25) is 0 Å². The number of hydrogen-bond acceptors (Lipinski definition) is 6. The zero-order valence-electron chi connectivity index (χ0n) is 22.0. The number of amides is 2. The molecule has 1 aromatic rings. The molecule has 0 aliphatic carbocycles. The Morgan fingerprint density at radius 1 is 1.31 bits per heavy atom. The van der Waals surface area contributed by atoms with Gasteiger partial charge in [0.1, 0.15) is 17.6 Å². The maximum Gasteiger partial charge on any atom is 0.312 e. The average Bonchev–Trinajstić information content (AvgIpc) is 3.46. The van der Waals surface area contributed by atoms with Gasteiger partial charge < -0.3 is 24.4 Å². The minimum Gasteiger partial charge on any atom is -0.466 e. The van der Waals surface area contributed by atoms with E-state index in [0.717, 1.165) is 16.8 Å². The lowest BCUT2D eigenvalue weighted by atomic mass is 9.65. The monoisotopic (exact) mass is 498 g/mol. The van der Waals surface area contributed by atoms with E-state index < -0.39 is 41.1 Å². The third-order valence-corrected chi connectivity index (χ3v) is 8.42. The number of anilines is 1. The van der Waals surface area contributed by atoms with Crippen LogP contribution < -0.4 is 4.90 Å². The lowest BCUT2D eigenvalue weighted by Crippen LogP contribution is -2.58. The number of aliphatic hydroxyl groups excluding tert-OH is 1. The van der Waals surface area contributed by atoms with Gasteiger partial charge in [-0.25, -0.2) is 0 Å². The largest absolute Gasteiger partial charge is 0.466 e. The first kappa shape index (κ1) is 26.4. The summed E-state index contributed by atoms with van der Waals surface area (Å²) in [5.41, 5.74) is 0.613. The molecule has 4 rings (SSSR count). The first-order chi connectivity index (χ1) is 17.1. The molecule has 3 heterocycles. The summed E-state index contributed by atoms with van der Waals surface area (Å²) in [6.45, 7) is 13.3. The molecule has 1 N–H and O–H groups in total. The van der Waals surface area contributed by atoms with E-state index in [4.69, 9.17) is 9.47 Å². The smallest absolute Gasteiger partial charge is 0.312 e. The molecule has 3 saturated heterocycles. The van der Waals surface area contributed by atoms with Gasteiger partial charge in [0, 0.05) is 12.2 Å². The molecule has 1 aromatic carbocycles. The quantitative estimate of drug-likeness (QED) is 0.416. The molecular weight excluding hydrogens is 460 g/mol. The predicted molar refractivity (Wildman–Crippen MR) is 135 cm³/mol. The molecule has 1 spiro atoms. The third kappa shape index (κ3) is 3.60. The zero-order chi connectivity index (χ0) is 26.4. The van der Waals surface area contributed by atoms with E-state index in [-0.39, 0.29) is 31.6 Å². The maximum atomic E-state index is 14.5. The predicted octanol–water partition coefficient (Wildman–Crippen LogP) is 2.92. The Bertz CT molecular complexity index is 1050. The molecular formula is C28H38N2O6. The third-order valence-electron chi connectivity index (χ3n) is 8.42. The Morgan fingerprint density at radius 2 is 1.97 bits per heavy atom. The number of hydrogen-bond donors (Lipinski definition) is 1. The summed E-state index contributed by atoms with van der Waals surface area (Å²) < 4.78 is 12.2. The molecule has 8 heteroatoms. The van der Waals surface area contributed by atoms with Gasteiger partial charge in [-0.2, -0.15) is 0 Å². The maximum absolute atomic E-state index is 14.5. The van der Waals surface area contributed by atoms with Crippen LogP contribution >= 0.6 is 0 Å². The highest BCUT2D eigenvalue weighted by Gasteiger charge is 2.79. The number of esters is 1. The van der Waals surface area contributed by atoms with Crippen molar-refractivity contribution in [3.63, 3.8) is 0 Å². The first-order valence-electron chi connectivity index (χ1n) is 12.9. The summed E-state index contributed by atoms with van der Waals surface area (Å²) in [6.07, 6.45) is 3.24. The topological polar surface area (TPSA) is 96.4 Å². The number of fused-ring (bicyclic) bond motifs is 1. The van der Waals surface area contributed by atoms with Gasteiger partial charge in [-0.15, -0.1) is 6.58 Å². The van der Waals surface area contributed by atoms with Crippen molar-refractivity contribution in [1.29, 1.82) is 0 Å². The Morgan fingerprint density at radius 3 is 2.53 bits per heavy atom. The van der Waals surface area contributed by atoms with Crippen LogP contribution in [-0.2, 0) is 23.9 Å². The van der Waals surface area contributed by atoms with Crippen molar-refractivity contribution in [2.45, 2.75) is 77.2 Å². The Kier molecular flexibility index (Phi) is 7.05. The molecule has 36 heavy (non-hydrogen) atoms. The van der Waals surface area contributed by atoms with Gasteiger partial charge in [-0.3, -0.25) is 14.4 Å². The van der Waals surface area contributed by atoms with Crippen molar-refractivity contribution < 1.29 is 29.0 Å². The SMILES string of the molecule is C=CCN(C(=O)C1N([C@H](C)CO)C(=O)[C@@H]2[C@@H](C(=O)OCC)[C@@]3(CC)CCC12O3)c1c(C)cccc1C. The van der Waals surface area contributed by atoms with E-state index in [9.17, 15) is 19.5 Å². The average molecular weight is 499 g/mol. The van der Waals surface area contributed by atoms with Crippen molar-refractivity contribution in [3.05, 3.63) is 42.0 Å². The van der Waals surface area contributed by atoms with Crippen LogP contribution in [0.25, 0.3) is 0 Å². The van der Waals surface area contributed by atoms with E-state index >= 15 is 0 Å².